The smallest absolute Gasteiger partial charge is 0.0642 e. The summed E-state index contributed by atoms with van der Waals surface area (Å²) in [6.07, 6.45) is 0. The molecule has 0 bridgehead atoms. The summed E-state index contributed by atoms with van der Waals surface area (Å²) in [5.41, 5.74) is 2.12. The van der Waals surface area contributed by atoms with Crippen molar-refractivity contribution in [2.75, 3.05) is 19.0 Å². The summed E-state index contributed by atoms with van der Waals surface area (Å²) in [7, 11) is 3.96. The molecule has 0 aliphatic carbocycles. The van der Waals surface area contributed by atoms with E-state index in [2.05, 4.69) is 0 Å². The molecule has 0 unspecified atom stereocenters. The second-order valence-corrected chi connectivity index (χ2v) is 3.69. The number of rotatable bonds is 1. The molecule has 0 radical (unpaired) electrons. The molecule has 0 N–H and O–H groups in total. The third kappa shape index (κ3) is 1.67. The zero-order chi connectivity index (χ0) is 9.30. The fraction of sp³-hybridized carbons (Fsp3) is 0.333. The molecule has 0 fully saturated rings. The van der Waals surface area contributed by atoms with Gasteiger partial charge in [-0.1, -0.05) is 23.2 Å². The largest absolute Gasteiger partial charge is 0.377 e. The van der Waals surface area contributed by atoms with Crippen LogP contribution >= 0.6 is 23.2 Å². The van der Waals surface area contributed by atoms with Crippen LogP contribution in [0.1, 0.15) is 5.56 Å². The Morgan fingerprint density at radius 3 is 2.25 bits per heavy atom. The van der Waals surface area contributed by atoms with Crippen LogP contribution in [0.4, 0.5) is 5.69 Å². The third-order valence-corrected chi connectivity index (χ3v) is 2.69. The lowest BCUT2D eigenvalue weighted by Gasteiger charge is -2.16. The summed E-state index contributed by atoms with van der Waals surface area (Å²) < 4.78 is 0. The summed E-state index contributed by atoms with van der Waals surface area (Å²) in [6, 6.07) is 3.77. The minimum Gasteiger partial charge on any atom is -0.377 e. The highest BCUT2D eigenvalue weighted by Crippen LogP contribution is 2.31. The lowest BCUT2D eigenvalue weighted by Crippen LogP contribution is -2.10. The molecule has 0 saturated heterocycles. The van der Waals surface area contributed by atoms with E-state index in [-0.39, 0.29) is 0 Å². The maximum Gasteiger partial charge on any atom is 0.0642 e. The molecule has 0 aliphatic rings. The van der Waals surface area contributed by atoms with E-state index in [1.54, 1.807) is 0 Å². The van der Waals surface area contributed by atoms with Gasteiger partial charge >= 0.3 is 0 Å². The van der Waals surface area contributed by atoms with Gasteiger partial charge in [0.15, 0.2) is 0 Å². The van der Waals surface area contributed by atoms with Gasteiger partial charge in [-0.3, -0.25) is 0 Å². The Morgan fingerprint density at radius 1 is 1.17 bits per heavy atom. The van der Waals surface area contributed by atoms with Crippen molar-refractivity contribution in [3.63, 3.8) is 0 Å². The van der Waals surface area contributed by atoms with Crippen molar-refractivity contribution < 1.29 is 0 Å². The molecule has 0 saturated carbocycles. The molecule has 0 aromatic heterocycles. The van der Waals surface area contributed by atoms with Crippen LogP contribution in [-0.4, -0.2) is 14.1 Å². The van der Waals surface area contributed by atoms with Crippen molar-refractivity contribution in [2.45, 2.75) is 6.92 Å². The first-order chi connectivity index (χ1) is 5.54. The number of halogens is 2. The highest BCUT2D eigenvalue weighted by Gasteiger charge is 2.06. The molecule has 66 valence electrons. The number of anilines is 1. The van der Waals surface area contributed by atoms with Crippen LogP contribution in [0.25, 0.3) is 0 Å². The van der Waals surface area contributed by atoms with Gasteiger partial charge in [0.05, 0.1) is 10.0 Å². The van der Waals surface area contributed by atoms with Gasteiger partial charge in [-0.15, -0.1) is 0 Å². The van der Waals surface area contributed by atoms with Crippen LogP contribution in [-0.2, 0) is 0 Å². The number of nitrogens with zero attached hydrogens (tertiary/aromatic N) is 1. The fourth-order valence-corrected chi connectivity index (χ4v) is 1.49. The number of hydrogen-bond donors (Lipinski definition) is 0. The summed E-state index contributed by atoms with van der Waals surface area (Å²) in [6.45, 7) is 1.96. The van der Waals surface area contributed by atoms with Crippen molar-refractivity contribution in [2.24, 2.45) is 0 Å². The average Bonchev–Trinajstić information content (AvgIpc) is 2.00. The van der Waals surface area contributed by atoms with Crippen LogP contribution in [0.3, 0.4) is 0 Å². The van der Waals surface area contributed by atoms with Gasteiger partial charge in [0, 0.05) is 19.8 Å². The molecule has 0 amide bonds. The Labute approximate surface area is 82.9 Å². The highest BCUT2D eigenvalue weighted by molar-refractivity contribution is 6.42. The molecule has 12 heavy (non-hydrogen) atoms. The van der Waals surface area contributed by atoms with Gasteiger partial charge in [-0.05, 0) is 24.6 Å². The first-order valence-corrected chi connectivity index (χ1v) is 4.41. The quantitative estimate of drug-likeness (QED) is 0.677. The Morgan fingerprint density at radius 2 is 1.75 bits per heavy atom. The van der Waals surface area contributed by atoms with E-state index in [1.165, 1.54) is 0 Å². The second kappa shape index (κ2) is 3.55. The number of benzene rings is 1. The molecule has 1 rings (SSSR count). The lowest BCUT2D eigenvalue weighted by molar-refractivity contribution is 1.11. The first-order valence-electron chi connectivity index (χ1n) is 3.66. The molecule has 0 atom stereocenters. The Kier molecular flexibility index (Phi) is 2.86. The molecule has 1 aromatic rings. The number of hydrogen-bond acceptors (Lipinski definition) is 1. The Hall–Kier alpha value is -0.400. The van der Waals surface area contributed by atoms with Crippen molar-refractivity contribution in [3.8, 4) is 0 Å². The minimum atomic E-state index is 0.611. The molecular weight excluding hydrogens is 193 g/mol. The molecule has 0 aliphatic heterocycles. The van der Waals surface area contributed by atoms with Crippen LogP contribution < -0.4 is 4.90 Å². The summed E-state index contributed by atoms with van der Waals surface area (Å²) in [5, 5.41) is 1.25. The van der Waals surface area contributed by atoms with E-state index in [9.17, 15) is 0 Å². The van der Waals surface area contributed by atoms with E-state index >= 15 is 0 Å². The van der Waals surface area contributed by atoms with Crippen molar-refractivity contribution in [1.29, 1.82) is 0 Å². The van der Waals surface area contributed by atoms with Crippen molar-refractivity contribution in [3.05, 3.63) is 27.7 Å². The van der Waals surface area contributed by atoms with Crippen molar-refractivity contribution in [1.82, 2.24) is 0 Å². The van der Waals surface area contributed by atoms with Gasteiger partial charge in [-0.25, -0.2) is 0 Å². The van der Waals surface area contributed by atoms with E-state index in [1.807, 2.05) is 38.1 Å². The average molecular weight is 204 g/mol. The maximum atomic E-state index is 5.97. The topological polar surface area (TPSA) is 3.24 Å². The van der Waals surface area contributed by atoms with Gasteiger partial charge in [-0.2, -0.15) is 0 Å². The lowest BCUT2D eigenvalue weighted by atomic mass is 10.2. The molecule has 0 heterocycles. The molecule has 3 heteroatoms. The molecule has 1 nitrogen and oxygen atoms in total. The summed E-state index contributed by atoms with van der Waals surface area (Å²) in [5.74, 6) is 0. The van der Waals surface area contributed by atoms with Crippen molar-refractivity contribution >= 4 is 28.9 Å². The molecule has 1 aromatic carbocycles. The minimum absolute atomic E-state index is 0.611. The maximum absolute atomic E-state index is 5.97. The van der Waals surface area contributed by atoms with Gasteiger partial charge < -0.3 is 4.90 Å². The predicted octanol–water partition coefficient (Wildman–Crippen LogP) is 3.37. The van der Waals surface area contributed by atoms with Gasteiger partial charge in [0.25, 0.3) is 0 Å². The zero-order valence-electron chi connectivity index (χ0n) is 7.36. The third-order valence-electron chi connectivity index (χ3n) is 1.79. The summed E-state index contributed by atoms with van der Waals surface area (Å²) in [4.78, 5) is 2.01. The van der Waals surface area contributed by atoms with E-state index in [0.717, 1.165) is 11.3 Å². The van der Waals surface area contributed by atoms with Crippen LogP contribution in [0.2, 0.25) is 10.0 Å². The van der Waals surface area contributed by atoms with Gasteiger partial charge in [0.2, 0.25) is 0 Å². The SMILES string of the molecule is Cc1c(N(C)C)ccc(Cl)c1Cl. The normalized spacial score (nSPS) is 10.1. The van der Waals surface area contributed by atoms with Gasteiger partial charge in [0.1, 0.15) is 0 Å². The standard InChI is InChI=1S/C9H11Cl2N/c1-6-8(12(2)3)5-4-7(10)9(6)11/h4-5H,1-3H3. The summed E-state index contributed by atoms with van der Waals surface area (Å²) >= 11 is 11.8. The van der Waals surface area contributed by atoms with E-state index in [4.69, 9.17) is 23.2 Å². The zero-order valence-corrected chi connectivity index (χ0v) is 8.87. The highest BCUT2D eigenvalue weighted by atomic mass is 35.5. The second-order valence-electron chi connectivity index (χ2n) is 2.90. The first kappa shape index (κ1) is 9.69. The Bertz CT molecular complexity index is 295. The molecule has 0 spiro atoms. The van der Waals surface area contributed by atoms with Crippen LogP contribution in [0.15, 0.2) is 12.1 Å². The fourth-order valence-electron chi connectivity index (χ4n) is 1.13. The monoisotopic (exact) mass is 203 g/mol. The molecular formula is C9H11Cl2N. The van der Waals surface area contributed by atoms with Crippen LogP contribution in [0, 0.1) is 6.92 Å². The van der Waals surface area contributed by atoms with E-state index in [0.29, 0.717) is 10.0 Å². The Balaban J connectivity index is 3.27. The van der Waals surface area contributed by atoms with E-state index < -0.39 is 0 Å². The van der Waals surface area contributed by atoms with Crippen LogP contribution in [0.5, 0.6) is 0 Å². The predicted molar refractivity (Wildman–Crippen MR) is 55.5 cm³/mol.